The molecule has 1 heterocycles. The van der Waals surface area contributed by atoms with Gasteiger partial charge >= 0.3 is 0 Å². The highest BCUT2D eigenvalue weighted by molar-refractivity contribution is 8.00. The van der Waals surface area contributed by atoms with Crippen LogP contribution in [0.4, 0.5) is 5.69 Å². The van der Waals surface area contributed by atoms with Gasteiger partial charge in [-0.1, -0.05) is 42.5 Å². The Morgan fingerprint density at radius 2 is 1.62 bits per heavy atom. The zero-order chi connectivity index (χ0) is 16.5. The molecule has 0 fully saturated rings. The number of nitrogens with zero attached hydrogens (tertiary/aromatic N) is 1. The molecule has 2 nitrogen and oxygen atoms in total. The van der Waals surface area contributed by atoms with E-state index >= 15 is 0 Å². The topological polar surface area (TPSA) is 12.5 Å². The Bertz CT molecular complexity index is 869. The monoisotopic (exact) mass is 353 g/mol. The number of fused-ring (bicyclic) bond motifs is 2. The molecule has 24 heavy (non-hydrogen) atoms. The predicted molar refractivity (Wildman–Crippen MR) is 101 cm³/mol. The summed E-state index contributed by atoms with van der Waals surface area (Å²) in [6, 6.07) is 24.2. The minimum atomic E-state index is -0.167. The summed E-state index contributed by atoms with van der Waals surface area (Å²) in [6.07, 6.45) is 0. The zero-order valence-electron chi connectivity index (χ0n) is 13.1. The van der Waals surface area contributed by atoms with Crippen LogP contribution in [0, 0.1) is 0 Å². The van der Waals surface area contributed by atoms with Gasteiger partial charge < -0.3 is 9.04 Å². The first-order valence-corrected chi connectivity index (χ1v) is 8.95. The zero-order valence-corrected chi connectivity index (χ0v) is 14.7. The maximum absolute atomic E-state index is 6.78. The first kappa shape index (κ1) is 15.4. The van der Waals surface area contributed by atoms with Gasteiger partial charge in [-0.25, -0.2) is 0 Å². The Labute approximate surface area is 151 Å². The lowest BCUT2D eigenvalue weighted by molar-refractivity contribution is 0.481. The Hall–Kier alpha value is -2.10. The number of ether oxygens (including phenoxy) is 1. The van der Waals surface area contributed by atoms with Crippen molar-refractivity contribution in [3.05, 3.63) is 83.9 Å². The second kappa shape index (κ2) is 6.42. The van der Waals surface area contributed by atoms with E-state index in [0.717, 1.165) is 33.2 Å². The third-order valence-corrected chi connectivity index (χ3v) is 5.51. The van der Waals surface area contributed by atoms with Gasteiger partial charge in [0.2, 0.25) is 0 Å². The summed E-state index contributed by atoms with van der Waals surface area (Å²) in [5.41, 5.74) is 3.38. The molecule has 1 aliphatic heterocycles. The lowest BCUT2D eigenvalue weighted by atomic mass is 10.0. The average Bonchev–Trinajstić information content (AvgIpc) is 2.72. The Balaban J connectivity index is 1.72. The molecular formula is C20H16ClNOS. The Morgan fingerprint density at radius 1 is 0.875 bits per heavy atom. The second-order valence-corrected chi connectivity index (χ2v) is 7.23. The van der Waals surface area contributed by atoms with Crippen molar-refractivity contribution in [2.24, 2.45) is 0 Å². The first-order chi connectivity index (χ1) is 11.7. The van der Waals surface area contributed by atoms with E-state index in [9.17, 15) is 0 Å². The van der Waals surface area contributed by atoms with Crippen LogP contribution >= 0.6 is 23.5 Å². The van der Waals surface area contributed by atoms with E-state index in [2.05, 4.69) is 35.6 Å². The maximum atomic E-state index is 6.78. The number of anilines is 1. The van der Waals surface area contributed by atoms with E-state index in [4.69, 9.17) is 16.3 Å². The number of alkyl halides is 1. The maximum Gasteiger partial charge on any atom is 0.128 e. The third kappa shape index (κ3) is 2.85. The molecule has 0 aliphatic carbocycles. The number of benzene rings is 3. The van der Waals surface area contributed by atoms with Crippen LogP contribution in [0.5, 0.6) is 11.5 Å². The molecule has 0 bridgehead atoms. The van der Waals surface area contributed by atoms with Crippen molar-refractivity contribution in [2.45, 2.75) is 10.3 Å². The van der Waals surface area contributed by atoms with Crippen molar-refractivity contribution in [3.8, 4) is 11.5 Å². The summed E-state index contributed by atoms with van der Waals surface area (Å²) in [7, 11) is 2.06. The standard InChI is InChI=1S/C20H16ClNOS/c1-22-18-10-6-5-9-16(18)20(21)17-12-11-15(13-19(17)24-22)23-14-7-3-2-4-8-14/h2-13,20H,1H3. The molecule has 4 rings (SSSR count). The quantitative estimate of drug-likeness (QED) is 0.398. The third-order valence-electron chi connectivity index (χ3n) is 4.02. The molecule has 4 heteroatoms. The molecule has 3 aromatic rings. The predicted octanol–water partition coefficient (Wildman–Crippen LogP) is 6.26. The molecule has 1 unspecified atom stereocenters. The molecule has 1 atom stereocenters. The molecular weight excluding hydrogens is 338 g/mol. The highest BCUT2D eigenvalue weighted by Gasteiger charge is 2.25. The van der Waals surface area contributed by atoms with Gasteiger partial charge in [-0.05, 0) is 53.4 Å². The summed E-state index contributed by atoms with van der Waals surface area (Å²) < 4.78 is 8.11. The fourth-order valence-corrected chi connectivity index (χ4v) is 4.30. The number of hydrogen-bond acceptors (Lipinski definition) is 3. The molecule has 120 valence electrons. The van der Waals surface area contributed by atoms with Gasteiger partial charge in [0, 0.05) is 11.9 Å². The largest absolute Gasteiger partial charge is 0.457 e. The van der Waals surface area contributed by atoms with Gasteiger partial charge in [-0.15, -0.1) is 11.6 Å². The van der Waals surface area contributed by atoms with Crippen LogP contribution in [0.15, 0.2) is 77.7 Å². The smallest absolute Gasteiger partial charge is 0.128 e. The molecule has 0 N–H and O–H groups in total. The van der Waals surface area contributed by atoms with E-state index in [0.29, 0.717) is 0 Å². The van der Waals surface area contributed by atoms with Crippen molar-refractivity contribution in [1.29, 1.82) is 0 Å². The van der Waals surface area contributed by atoms with Crippen molar-refractivity contribution in [2.75, 3.05) is 11.4 Å². The Kier molecular flexibility index (Phi) is 4.13. The number of halogens is 1. The average molecular weight is 354 g/mol. The highest BCUT2D eigenvalue weighted by Crippen LogP contribution is 2.46. The van der Waals surface area contributed by atoms with Crippen LogP contribution < -0.4 is 9.04 Å². The molecule has 0 radical (unpaired) electrons. The molecule has 0 amide bonds. The number of para-hydroxylation sites is 2. The summed E-state index contributed by atoms with van der Waals surface area (Å²) in [4.78, 5) is 1.11. The summed E-state index contributed by atoms with van der Waals surface area (Å²) >= 11 is 8.45. The normalized spacial score (nSPS) is 16.1. The number of hydrogen-bond donors (Lipinski definition) is 0. The lowest BCUT2D eigenvalue weighted by Gasteiger charge is -2.18. The van der Waals surface area contributed by atoms with E-state index in [-0.39, 0.29) is 5.38 Å². The van der Waals surface area contributed by atoms with Gasteiger partial charge in [0.25, 0.3) is 0 Å². The van der Waals surface area contributed by atoms with E-state index in [1.807, 2.05) is 48.5 Å². The minimum absolute atomic E-state index is 0.167. The van der Waals surface area contributed by atoms with Crippen molar-refractivity contribution in [1.82, 2.24) is 0 Å². The van der Waals surface area contributed by atoms with Crippen LogP contribution in [0.3, 0.4) is 0 Å². The second-order valence-electron chi connectivity index (χ2n) is 5.62. The van der Waals surface area contributed by atoms with E-state index in [1.54, 1.807) is 11.9 Å². The van der Waals surface area contributed by atoms with Crippen molar-refractivity contribution in [3.63, 3.8) is 0 Å². The molecule has 0 saturated heterocycles. The van der Waals surface area contributed by atoms with Crippen LogP contribution in [0.2, 0.25) is 0 Å². The van der Waals surface area contributed by atoms with Crippen LogP contribution in [-0.2, 0) is 0 Å². The van der Waals surface area contributed by atoms with Crippen molar-refractivity contribution < 1.29 is 4.74 Å². The molecule has 0 saturated carbocycles. The Morgan fingerprint density at radius 3 is 2.46 bits per heavy atom. The number of rotatable bonds is 2. The van der Waals surface area contributed by atoms with Gasteiger partial charge in [0.1, 0.15) is 11.5 Å². The highest BCUT2D eigenvalue weighted by atomic mass is 35.5. The van der Waals surface area contributed by atoms with E-state index in [1.165, 1.54) is 0 Å². The summed E-state index contributed by atoms with van der Waals surface area (Å²) in [6.45, 7) is 0. The fraction of sp³-hybridized carbons (Fsp3) is 0.100. The lowest BCUT2D eigenvalue weighted by Crippen LogP contribution is -2.06. The van der Waals surface area contributed by atoms with E-state index < -0.39 is 0 Å². The van der Waals surface area contributed by atoms with Gasteiger partial charge in [0.15, 0.2) is 0 Å². The molecule has 3 aromatic carbocycles. The first-order valence-electron chi connectivity index (χ1n) is 7.74. The molecule has 0 spiro atoms. The minimum Gasteiger partial charge on any atom is -0.457 e. The van der Waals surface area contributed by atoms with Gasteiger partial charge in [-0.2, -0.15) is 0 Å². The van der Waals surface area contributed by atoms with Gasteiger partial charge in [-0.3, -0.25) is 0 Å². The molecule has 0 aromatic heterocycles. The SMILES string of the molecule is CN1Sc2cc(Oc3ccccc3)ccc2C(Cl)c2ccccc21. The fourth-order valence-electron chi connectivity index (χ4n) is 2.84. The summed E-state index contributed by atoms with van der Waals surface area (Å²) in [5, 5.41) is -0.167. The van der Waals surface area contributed by atoms with Gasteiger partial charge in [0.05, 0.1) is 11.1 Å². The van der Waals surface area contributed by atoms with Crippen LogP contribution in [-0.4, -0.2) is 7.05 Å². The van der Waals surface area contributed by atoms with Crippen molar-refractivity contribution >= 4 is 29.2 Å². The van der Waals surface area contributed by atoms with Crippen LogP contribution in [0.1, 0.15) is 16.5 Å². The summed E-state index contributed by atoms with van der Waals surface area (Å²) in [5.74, 6) is 1.64. The van der Waals surface area contributed by atoms with Crippen LogP contribution in [0.25, 0.3) is 0 Å². The molecule has 1 aliphatic rings.